The van der Waals surface area contributed by atoms with Crippen LogP contribution in [0.4, 0.5) is 0 Å². The zero-order valence-electron chi connectivity index (χ0n) is 9.48. The van der Waals surface area contributed by atoms with Crippen LogP contribution in [0.3, 0.4) is 0 Å². The minimum absolute atomic E-state index is 0.103. The van der Waals surface area contributed by atoms with Gasteiger partial charge >= 0.3 is 0 Å². The van der Waals surface area contributed by atoms with Gasteiger partial charge in [-0.05, 0) is 11.4 Å². The molecule has 0 N–H and O–H groups in total. The van der Waals surface area contributed by atoms with Gasteiger partial charge in [0.2, 0.25) is 0 Å². The standard InChI is InChI=1S/C12H13NOS2/c1-12(2,3)10(14)8-7-16-11(13-8)9-5-4-6-15-9/h4-7H,1-3H3. The number of aromatic nitrogens is 1. The van der Waals surface area contributed by atoms with Crippen molar-refractivity contribution in [3.8, 4) is 9.88 Å². The number of thiophene rings is 1. The molecule has 2 heterocycles. The van der Waals surface area contributed by atoms with Gasteiger partial charge in [-0.2, -0.15) is 0 Å². The highest BCUT2D eigenvalue weighted by molar-refractivity contribution is 7.20. The first-order chi connectivity index (χ1) is 7.48. The predicted molar refractivity (Wildman–Crippen MR) is 69.2 cm³/mol. The fourth-order valence-electron chi connectivity index (χ4n) is 1.28. The third-order valence-corrected chi connectivity index (χ3v) is 4.03. The van der Waals surface area contributed by atoms with Crippen LogP contribution in [0.15, 0.2) is 22.9 Å². The van der Waals surface area contributed by atoms with Crippen LogP contribution >= 0.6 is 22.7 Å². The Kier molecular flexibility index (Phi) is 2.95. The summed E-state index contributed by atoms with van der Waals surface area (Å²) in [6.07, 6.45) is 0. The summed E-state index contributed by atoms with van der Waals surface area (Å²) >= 11 is 3.18. The van der Waals surface area contributed by atoms with E-state index in [4.69, 9.17) is 0 Å². The van der Waals surface area contributed by atoms with Crippen LogP contribution in [0.2, 0.25) is 0 Å². The number of rotatable bonds is 2. The van der Waals surface area contributed by atoms with Gasteiger partial charge in [-0.15, -0.1) is 22.7 Å². The molecule has 2 aromatic heterocycles. The van der Waals surface area contributed by atoms with E-state index in [1.54, 1.807) is 11.3 Å². The molecule has 2 aromatic rings. The first-order valence-corrected chi connectivity index (χ1v) is 6.78. The number of carbonyl (C=O) groups excluding carboxylic acids is 1. The molecular weight excluding hydrogens is 238 g/mol. The van der Waals surface area contributed by atoms with Gasteiger partial charge in [0.1, 0.15) is 10.7 Å². The maximum atomic E-state index is 12.0. The Morgan fingerprint density at radius 3 is 2.62 bits per heavy atom. The van der Waals surface area contributed by atoms with E-state index in [-0.39, 0.29) is 11.2 Å². The van der Waals surface area contributed by atoms with Crippen molar-refractivity contribution in [1.82, 2.24) is 4.98 Å². The van der Waals surface area contributed by atoms with Crippen molar-refractivity contribution >= 4 is 28.5 Å². The van der Waals surface area contributed by atoms with Gasteiger partial charge in [-0.3, -0.25) is 4.79 Å². The lowest BCUT2D eigenvalue weighted by Crippen LogP contribution is -2.20. The molecule has 0 unspecified atom stereocenters. The maximum Gasteiger partial charge on any atom is 0.187 e. The van der Waals surface area contributed by atoms with Crippen LogP contribution in [0.1, 0.15) is 31.3 Å². The lowest BCUT2D eigenvalue weighted by molar-refractivity contribution is 0.0854. The number of thiazole rings is 1. The minimum Gasteiger partial charge on any atom is -0.292 e. The Morgan fingerprint density at radius 1 is 1.31 bits per heavy atom. The summed E-state index contributed by atoms with van der Waals surface area (Å²) in [5.74, 6) is 0.103. The van der Waals surface area contributed by atoms with Crippen LogP contribution in [0, 0.1) is 5.41 Å². The topological polar surface area (TPSA) is 30.0 Å². The molecular formula is C12H13NOS2. The Labute approximate surface area is 103 Å². The Balaban J connectivity index is 2.31. The van der Waals surface area contributed by atoms with Crippen molar-refractivity contribution in [2.75, 3.05) is 0 Å². The number of carbonyl (C=O) groups is 1. The van der Waals surface area contributed by atoms with E-state index in [2.05, 4.69) is 4.98 Å². The monoisotopic (exact) mass is 251 g/mol. The lowest BCUT2D eigenvalue weighted by atomic mass is 9.89. The van der Waals surface area contributed by atoms with Gasteiger partial charge in [0.25, 0.3) is 0 Å². The average Bonchev–Trinajstić information content (AvgIpc) is 2.85. The van der Waals surface area contributed by atoms with Crippen LogP contribution in [-0.4, -0.2) is 10.8 Å². The van der Waals surface area contributed by atoms with Gasteiger partial charge in [0.15, 0.2) is 5.78 Å². The summed E-state index contributed by atoms with van der Waals surface area (Å²) in [6, 6.07) is 4.02. The number of hydrogen-bond donors (Lipinski definition) is 0. The molecule has 0 amide bonds. The summed E-state index contributed by atoms with van der Waals surface area (Å²) in [7, 11) is 0. The fourth-order valence-corrected chi connectivity index (χ4v) is 2.89. The molecule has 0 atom stereocenters. The van der Waals surface area contributed by atoms with Gasteiger partial charge < -0.3 is 0 Å². The van der Waals surface area contributed by atoms with Crippen molar-refractivity contribution in [2.24, 2.45) is 5.41 Å². The molecule has 0 fully saturated rings. The largest absolute Gasteiger partial charge is 0.292 e. The van der Waals surface area contributed by atoms with Crippen molar-refractivity contribution in [2.45, 2.75) is 20.8 Å². The van der Waals surface area contributed by atoms with Crippen molar-refractivity contribution in [1.29, 1.82) is 0 Å². The van der Waals surface area contributed by atoms with Gasteiger partial charge in [0.05, 0.1) is 4.88 Å². The van der Waals surface area contributed by atoms with E-state index in [1.165, 1.54) is 11.3 Å². The van der Waals surface area contributed by atoms with Crippen LogP contribution in [0.5, 0.6) is 0 Å². The van der Waals surface area contributed by atoms with Crippen LogP contribution in [-0.2, 0) is 0 Å². The minimum atomic E-state index is -0.360. The molecule has 0 bridgehead atoms. The first kappa shape index (κ1) is 11.5. The zero-order valence-corrected chi connectivity index (χ0v) is 11.1. The lowest BCUT2D eigenvalue weighted by Gasteiger charge is -2.14. The Morgan fingerprint density at radius 2 is 2.06 bits per heavy atom. The summed E-state index contributed by atoms with van der Waals surface area (Å²) in [5.41, 5.74) is 0.224. The summed E-state index contributed by atoms with van der Waals surface area (Å²) in [6.45, 7) is 5.75. The van der Waals surface area contributed by atoms with E-state index >= 15 is 0 Å². The Bertz CT molecular complexity index is 491. The number of nitrogens with zero attached hydrogens (tertiary/aromatic N) is 1. The average molecular weight is 251 g/mol. The fraction of sp³-hybridized carbons (Fsp3) is 0.333. The zero-order chi connectivity index (χ0) is 11.8. The highest BCUT2D eigenvalue weighted by atomic mass is 32.1. The van der Waals surface area contributed by atoms with Crippen molar-refractivity contribution in [3.05, 3.63) is 28.6 Å². The second kappa shape index (κ2) is 4.11. The molecule has 4 heteroatoms. The number of hydrogen-bond acceptors (Lipinski definition) is 4. The third-order valence-electron chi connectivity index (χ3n) is 2.15. The molecule has 2 nitrogen and oxygen atoms in total. The van der Waals surface area contributed by atoms with Crippen LogP contribution < -0.4 is 0 Å². The van der Waals surface area contributed by atoms with Crippen molar-refractivity contribution < 1.29 is 4.79 Å². The molecule has 0 aromatic carbocycles. The Hall–Kier alpha value is -1.00. The second-order valence-corrected chi connectivity index (χ2v) is 6.40. The second-order valence-electron chi connectivity index (χ2n) is 4.59. The van der Waals surface area contributed by atoms with Crippen molar-refractivity contribution in [3.63, 3.8) is 0 Å². The summed E-state index contributed by atoms with van der Waals surface area (Å²) in [4.78, 5) is 17.5. The predicted octanol–water partition coefficient (Wildman–Crippen LogP) is 4.10. The molecule has 0 radical (unpaired) electrons. The third kappa shape index (κ3) is 2.23. The molecule has 16 heavy (non-hydrogen) atoms. The highest BCUT2D eigenvalue weighted by Crippen LogP contribution is 2.30. The van der Waals surface area contributed by atoms with Crippen LogP contribution in [0.25, 0.3) is 9.88 Å². The van der Waals surface area contributed by atoms with E-state index in [0.29, 0.717) is 5.69 Å². The van der Waals surface area contributed by atoms with Gasteiger partial charge in [0, 0.05) is 10.8 Å². The SMILES string of the molecule is CC(C)(C)C(=O)c1csc(-c2cccs2)n1. The summed E-state index contributed by atoms with van der Waals surface area (Å²) in [5, 5.41) is 4.80. The number of ketones is 1. The van der Waals surface area contributed by atoms with Gasteiger partial charge in [-0.25, -0.2) is 4.98 Å². The maximum absolute atomic E-state index is 12.0. The molecule has 0 aliphatic carbocycles. The molecule has 2 rings (SSSR count). The molecule has 0 saturated carbocycles. The molecule has 0 saturated heterocycles. The normalized spacial score (nSPS) is 11.7. The van der Waals surface area contributed by atoms with Gasteiger partial charge in [-0.1, -0.05) is 26.8 Å². The van der Waals surface area contributed by atoms with E-state index in [1.807, 2.05) is 43.7 Å². The molecule has 0 aliphatic rings. The van der Waals surface area contributed by atoms with E-state index in [0.717, 1.165) is 9.88 Å². The van der Waals surface area contributed by atoms with E-state index < -0.39 is 0 Å². The smallest absolute Gasteiger partial charge is 0.187 e. The molecule has 84 valence electrons. The molecule has 0 aliphatic heterocycles. The van der Waals surface area contributed by atoms with E-state index in [9.17, 15) is 4.79 Å². The first-order valence-electron chi connectivity index (χ1n) is 5.03. The molecule has 0 spiro atoms. The quantitative estimate of drug-likeness (QED) is 0.752. The number of Topliss-reactive ketones (excluding diaryl/α,β-unsaturated/α-hetero) is 1. The highest BCUT2D eigenvalue weighted by Gasteiger charge is 2.25. The summed E-state index contributed by atoms with van der Waals surface area (Å²) < 4.78 is 0.